The number of hydrogen-bond acceptors (Lipinski definition) is 5. The summed E-state index contributed by atoms with van der Waals surface area (Å²) in [7, 11) is 0. The van der Waals surface area contributed by atoms with Gasteiger partial charge in [0.2, 0.25) is 0 Å². The van der Waals surface area contributed by atoms with Crippen LogP contribution < -0.4 is 5.73 Å². The monoisotopic (exact) mass is 409 g/mol. The van der Waals surface area contributed by atoms with Crippen LogP contribution >= 0.6 is 11.3 Å². The van der Waals surface area contributed by atoms with Gasteiger partial charge in [-0.2, -0.15) is 0 Å². The molecule has 0 saturated heterocycles. The second kappa shape index (κ2) is 9.94. The van der Waals surface area contributed by atoms with E-state index in [1.165, 1.54) is 16.9 Å². The van der Waals surface area contributed by atoms with Crippen molar-refractivity contribution in [3.05, 3.63) is 82.7 Å². The van der Waals surface area contributed by atoms with E-state index in [4.69, 9.17) is 5.73 Å². The molecule has 0 aliphatic carbocycles. The Balaban J connectivity index is 1.59. The van der Waals surface area contributed by atoms with E-state index < -0.39 is 5.54 Å². The number of hydrogen-bond donors (Lipinski definition) is 3. The van der Waals surface area contributed by atoms with Gasteiger partial charge in [-0.1, -0.05) is 54.6 Å². The number of thiophene rings is 1. The highest BCUT2D eigenvalue weighted by atomic mass is 32.1. The van der Waals surface area contributed by atoms with E-state index in [9.17, 15) is 15.0 Å². The average molecular weight is 410 g/mol. The van der Waals surface area contributed by atoms with Gasteiger partial charge in [-0.15, -0.1) is 11.3 Å². The molecule has 0 amide bonds. The Morgan fingerprint density at radius 3 is 2.17 bits per heavy atom. The van der Waals surface area contributed by atoms with Crippen molar-refractivity contribution in [1.29, 1.82) is 0 Å². The molecule has 4 nitrogen and oxygen atoms in total. The molecular formula is C24H27NO3S. The minimum atomic E-state index is -0.943. The molecule has 0 unspecified atom stereocenters. The molecule has 0 fully saturated rings. The number of aliphatic hydroxyl groups excluding tert-OH is 2. The molecule has 4 N–H and O–H groups in total. The molecule has 1 heterocycles. The van der Waals surface area contributed by atoms with E-state index in [1.807, 2.05) is 66.7 Å². The minimum Gasteiger partial charge on any atom is -0.394 e. The number of ketones is 1. The van der Waals surface area contributed by atoms with Crippen LogP contribution in [0.1, 0.15) is 33.6 Å². The van der Waals surface area contributed by atoms with Crippen LogP contribution in [0, 0.1) is 0 Å². The van der Waals surface area contributed by atoms with Gasteiger partial charge in [-0.25, -0.2) is 0 Å². The maximum absolute atomic E-state index is 12.5. The van der Waals surface area contributed by atoms with Gasteiger partial charge in [0.15, 0.2) is 5.78 Å². The summed E-state index contributed by atoms with van der Waals surface area (Å²) < 4.78 is 0. The molecule has 1 aromatic heterocycles. The summed E-state index contributed by atoms with van der Waals surface area (Å²) >= 11 is 1.52. The number of carbonyl (C=O) groups excluding carboxylic acids is 1. The number of rotatable bonds is 10. The van der Waals surface area contributed by atoms with Crippen molar-refractivity contribution in [2.45, 2.75) is 31.2 Å². The van der Waals surface area contributed by atoms with Gasteiger partial charge in [0, 0.05) is 11.3 Å². The molecule has 0 atom stereocenters. The number of aryl methyl sites for hydroxylation is 2. The third-order valence-electron chi connectivity index (χ3n) is 5.14. The quantitative estimate of drug-likeness (QED) is 0.444. The van der Waals surface area contributed by atoms with Crippen molar-refractivity contribution in [2.24, 2.45) is 5.73 Å². The van der Waals surface area contributed by atoms with Crippen molar-refractivity contribution >= 4 is 17.1 Å². The highest BCUT2D eigenvalue weighted by Gasteiger charge is 2.22. The van der Waals surface area contributed by atoms with Crippen LogP contribution in [-0.4, -0.2) is 34.7 Å². The van der Waals surface area contributed by atoms with Crippen molar-refractivity contribution in [1.82, 2.24) is 0 Å². The number of carbonyl (C=O) groups is 1. The Morgan fingerprint density at radius 1 is 0.862 bits per heavy atom. The minimum absolute atomic E-state index is 0.175. The van der Waals surface area contributed by atoms with Gasteiger partial charge in [-0.05, 0) is 48.1 Å². The first-order valence-corrected chi connectivity index (χ1v) is 10.6. The standard InChI is InChI=1S/C24H27NO3S/c25-24(16-26,17-27)15-14-19-6-9-20(10-7-19)22-12-13-23(29-22)21(28)11-8-18-4-2-1-3-5-18/h1-7,9-10,12-13,26-27H,8,11,14-17,25H2. The fraction of sp³-hybridized carbons (Fsp3) is 0.292. The van der Waals surface area contributed by atoms with Crippen LogP contribution in [0.25, 0.3) is 10.4 Å². The van der Waals surface area contributed by atoms with E-state index in [2.05, 4.69) is 0 Å². The Labute approximate surface area is 175 Å². The van der Waals surface area contributed by atoms with Gasteiger partial charge in [-0.3, -0.25) is 4.79 Å². The third kappa shape index (κ3) is 5.84. The second-order valence-electron chi connectivity index (χ2n) is 7.45. The van der Waals surface area contributed by atoms with E-state index in [-0.39, 0.29) is 19.0 Å². The van der Waals surface area contributed by atoms with Crippen LogP contribution in [0.3, 0.4) is 0 Å². The summed E-state index contributed by atoms with van der Waals surface area (Å²) in [5.74, 6) is 0.175. The molecule has 0 bridgehead atoms. The Hall–Kier alpha value is -2.31. The van der Waals surface area contributed by atoms with Crippen LogP contribution in [0.15, 0.2) is 66.7 Å². The number of Topliss-reactive ketones (excluding diaryl/α,β-unsaturated/α-hetero) is 1. The van der Waals surface area contributed by atoms with Crippen molar-refractivity contribution in [3.63, 3.8) is 0 Å². The molecule has 29 heavy (non-hydrogen) atoms. The van der Waals surface area contributed by atoms with Crippen LogP contribution in [0.4, 0.5) is 0 Å². The molecule has 0 aliphatic heterocycles. The molecule has 152 valence electrons. The predicted octanol–water partition coefficient (Wildman–Crippen LogP) is 3.85. The zero-order valence-electron chi connectivity index (χ0n) is 16.4. The Kier molecular flexibility index (Phi) is 7.34. The van der Waals surface area contributed by atoms with Gasteiger partial charge < -0.3 is 15.9 Å². The molecule has 5 heteroatoms. The summed E-state index contributed by atoms with van der Waals surface area (Å²) in [6.45, 7) is -0.476. The van der Waals surface area contributed by atoms with Crippen molar-refractivity contribution in [2.75, 3.05) is 13.2 Å². The molecular weight excluding hydrogens is 382 g/mol. The Morgan fingerprint density at radius 2 is 1.52 bits per heavy atom. The van der Waals surface area contributed by atoms with Crippen molar-refractivity contribution < 1.29 is 15.0 Å². The lowest BCUT2D eigenvalue weighted by atomic mass is 9.93. The summed E-state index contributed by atoms with van der Waals surface area (Å²) in [4.78, 5) is 14.4. The number of nitrogens with two attached hydrogens (primary N) is 1. The van der Waals surface area contributed by atoms with E-state index in [0.29, 0.717) is 19.3 Å². The fourth-order valence-electron chi connectivity index (χ4n) is 3.11. The molecule has 0 spiro atoms. The number of benzene rings is 2. The maximum atomic E-state index is 12.5. The largest absolute Gasteiger partial charge is 0.394 e. The molecule has 3 aromatic rings. The first-order chi connectivity index (χ1) is 14.0. The summed E-state index contributed by atoms with van der Waals surface area (Å²) in [6, 6.07) is 22.1. The van der Waals surface area contributed by atoms with Crippen LogP contribution in [0.5, 0.6) is 0 Å². The second-order valence-corrected chi connectivity index (χ2v) is 8.53. The lowest BCUT2D eigenvalue weighted by molar-refractivity contribution is 0.0986. The summed E-state index contributed by atoms with van der Waals surface area (Å²) in [5.41, 5.74) is 8.33. The zero-order valence-corrected chi connectivity index (χ0v) is 17.2. The van der Waals surface area contributed by atoms with Gasteiger partial charge >= 0.3 is 0 Å². The predicted molar refractivity (Wildman–Crippen MR) is 118 cm³/mol. The third-order valence-corrected chi connectivity index (χ3v) is 6.32. The van der Waals surface area contributed by atoms with Crippen LogP contribution in [0.2, 0.25) is 0 Å². The first kappa shape index (κ1) is 21.4. The van der Waals surface area contributed by atoms with Crippen LogP contribution in [-0.2, 0) is 12.8 Å². The highest BCUT2D eigenvalue weighted by molar-refractivity contribution is 7.17. The molecule has 0 saturated carbocycles. The van der Waals surface area contributed by atoms with E-state index in [0.717, 1.165) is 27.3 Å². The Bertz CT molecular complexity index is 915. The molecule has 0 radical (unpaired) electrons. The van der Waals surface area contributed by atoms with Crippen molar-refractivity contribution in [3.8, 4) is 10.4 Å². The van der Waals surface area contributed by atoms with Gasteiger partial charge in [0.05, 0.1) is 23.6 Å². The fourth-order valence-corrected chi connectivity index (χ4v) is 4.08. The molecule has 2 aromatic carbocycles. The lowest BCUT2D eigenvalue weighted by Crippen LogP contribution is -2.47. The topological polar surface area (TPSA) is 83.6 Å². The normalized spacial score (nSPS) is 11.6. The van der Waals surface area contributed by atoms with E-state index >= 15 is 0 Å². The SMILES string of the molecule is NC(CO)(CO)CCc1ccc(-c2ccc(C(=O)CCc3ccccc3)s2)cc1. The highest BCUT2D eigenvalue weighted by Crippen LogP contribution is 2.29. The first-order valence-electron chi connectivity index (χ1n) is 9.80. The zero-order chi connectivity index (χ0) is 20.7. The smallest absolute Gasteiger partial charge is 0.173 e. The maximum Gasteiger partial charge on any atom is 0.173 e. The van der Waals surface area contributed by atoms with E-state index in [1.54, 1.807) is 0 Å². The average Bonchev–Trinajstić information content (AvgIpc) is 3.27. The molecule has 3 rings (SSSR count). The molecule has 0 aliphatic rings. The number of aliphatic hydroxyl groups is 2. The summed E-state index contributed by atoms with van der Waals surface area (Å²) in [5, 5.41) is 18.6. The van der Waals surface area contributed by atoms with Gasteiger partial charge in [0.1, 0.15) is 0 Å². The summed E-state index contributed by atoms with van der Waals surface area (Å²) in [6.07, 6.45) is 2.47. The lowest BCUT2D eigenvalue weighted by Gasteiger charge is -2.24. The van der Waals surface area contributed by atoms with Gasteiger partial charge in [0.25, 0.3) is 0 Å².